The standard InChI is InChI=1S/C15H21FN2O2/c1-15(2,3)20-14(19)8-11-4-5-13(17-9-11)18-7-6-12(16)10-18/h4-5,9,12H,6-8,10H2,1-3H3. The van der Waals surface area contributed by atoms with Gasteiger partial charge in [-0.3, -0.25) is 4.79 Å². The van der Waals surface area contributed by atoms with Crippen molar-refractivity contribution < 1.29 is 13.9 Å². The molecule has 0 spiro atoms. The summed E-state index contributed by atoms with van der Waals surface area (Å²) in [5, 5.41) is 0. The maximum absolute atomic E-state index is 13.1. The van der Waals surface area contributed by atoms with Crippen molar-refractivity contribution in [1.82, 2.24) is 4.98 Å². The lowest BCUT2D eigenvalue weighted by Gasteiger charge is -2.19. The number of hydrogen-bond donors (Lipinski definition) is 0. The Labute approximate surface area is 118 Å². The van der Waals surface area contributed by atoms with Gasteiger partial charge in [0.2, 0.25) is 0 Å². The van der Waals surface area contributed by atoms with Gasteiger partial charge in [0.15, 0.2) is 0 Å². The Kier molecular flexibility index (Phi) is 4.26. The fourth-order valence-corrected chi connectivity index (χ4v) is 2.18. The van der Waals surface area contributed by atoms with E-state index in [0.29, 0.717) is 19.5 Å². The first-order chi connectivity index (χ1) is 9.33. The SMILES string of the molecule is CC(C)(C)OC(=O)Cc1ccc(N2CCC(F)C2)nc1. The molecule has 1 aromatic heterocycles. The van der Waals surface area contributed by atoms with Gasteiger partial charge in [0.05, 0.1) is 13.0 Å². The second-order valence-corrected chi connectivity index (χ2v) is 6.12. The number of anilines is 1. The van der Waals surface area contributed by atoms with Crippen molar-refractivity contribution in [3.05, 3.63) is 23.9 Å². The quantitative estimate of drug-likeness (QED) is 0.798. The van der Waals surface area contributed by atoms with Crippen LogP contribution in [0.25, 0.3) is 0 Å². The molecule has 0 bridgehead atoms. The number of nitrogens with zero attached hydrogens (tertiary/aromatic N) is 2. The van der Waals surface area contributed by atoms with Gasteiger partial charge in [0.1, 0.15) is 17.6 Å². The van der Waals surface area contributed by atoms with E-state index in [1.165, 1.54) is 0 Å². The molecule has 0 aliphatic carbocycles. The van der Waals surface area contributed by atoms with Crippen LogP contribution in [0.15, 0.2) is 18.3 Å². The molecule has 1 atom stereocenters. The highest BCUT2D eigenvalue weighted by atomic mass is 19.1. The van der Waals surface area contributed by atoms with Crippen molar-refractivity contribution in [2.24, 2.45) is 0 Å². The number of carbonyl (C=O) groups is 1. The van der Waals surface area contributed by atoms with Crippen molar-refractivity contribution >= 4 is 11.8 Å². The highest BCUT2D eigenvalue weighted by molar-refractivity contribution is 5.73. The summed E-state index contributed by atoms with van der Waals surface area (Å²) < 4.78 is 18.4. The summed E-state index contributed by atoms with van der Waals surface area (Å²) in [5.41, 5.74) is 0.329. The van der Waals surface area contributed by atoms with E-state index in [2.05, 4.69) is 4.98 Å². The van der Waals surface area contributed by atoms with Crippen LogP contribution in [0.1, 0.15) is 32.8 Å². The first-order valence-electron chi connectivity index (χ1n) is 6.89. The third-order valence-electron chi connectivity index (χ3n) is 3.03. The molecular formula is C15H21FN2O2. The van der Waals surface area contributed by atoms with Gasteiger partial charge in [0.25, 0.3) is 0 Å². The van der Waals surface area contributed by atoms with Gasteiger partial charge >= 0.3 is 5.97 Å². The number of esters is 1. The van der Waals surface area contributed by atoms with Gasteiger partial charge in [0, 0.05) is 12.7 Å². The Morgan fingerprint density at radius 1 is 1.50 bits per heavy atom. The Bertz CT molecular complexity index is 468. The smallest absolute Gasteiger partial charge is 0.310 e. The summed E-state index contributed by atoms with van der Waals surface area (Å²) >= 11 is 0. The van der Waals surface area contributed by atoms with Crippen LogP contribution in [0, 0.1) is 0 Å². The molecule has 5 heteroatoms. The summed E-state index contributed by atoms with van der Waals surface area (Å²) in [5.74, 6) is 0.495. The molecule has 1 aromatic rings. The number of carbonyl (C=O) groups excluding carboxylic acids is 1. The molecule has 2 rings (SSSR count). The van der Waals surface area contributed by atoms with Crippen molar-refractivity contribution in [3.63, 3.8) is 0 Å². The average molecular weight is 280 g/mol. The van der Waals surface area contributed by atoms with Crippen LogP contribution in [0.5, 0.6) is 0 Å². The van der Waals surface area contributed by atoms with Crippen LogP contribution in [0.4, 0.5) is 10.2 Å². The van der Waals surface area contributed by atoms with E-state index >= 15 is 0 Å². The highest BCUT2D eigenvalue weighted by Crippen LogP contribution is 2.20. The second kappa shape index (κ2) is 5.77. The summed E-state index contributed by atoms with van der Waals surface area (Å²) in [4.78, 5) is 17.9. The predicted molar refractivity (Wildman–Crippen MR) is 75.5 cm³/mol. The minimum atomic E-state index is -0.766. The normalized spacial score (nSPS) is 19.2. The lowest BCUT2D eigenvalue weighted by Crippen LogP contribution is -2.25. The van der Waals surface area contributed by atoms with E-state index in [1.54, 1.807) is 6.20 Å². The number of rotatable bonds is 3. The van der Waals surface area contributed by atoms with Crippen LogP contribution in [0.2, 0.25) is 0 Å². The van der Waals surface area contributed by atoms with Gasteiger partial charge in [-0.2, -0.15) is 0 Å². The molecule has 20 heavy (non-hydrogen) atoms. The minimum absolute atomic E-state index is 0.205. The maximum Gasteiger partial charge on any atom is 0.310 e. The number of halogens is 1. The van der Waals surface area contributed by atoms with Crippen molar-refractivity contribution in [3.8, 4) is 0 Å². The summed E-state index contributed by atoms with van der Waals surface area (Å²) in [7, 11) is 0. The molecule has 0 N–H and O–H groups in total. The third kappa shape index (κ3) is 4.18. The van der Waals surface area contributed by atoms with E-state index in [9.17, 15) is 9.18 Å². The molecular weight excluding hydrogens is 259 g/mol. The molecule has 2 heterocycles. The van der Waals surface area contributed by atoms with Crippen molar-refractivity contribution in [2.45, 2.75) is 45.4 Å². The zero-order valence-corrected chi connectivity index (χ0v) is 12.2. The fourth-order valence-electron chi connectivity index (χ4n) is 2.18. The van der Waals surface area contributed by atoms with Gasteiger partial charge in [-0.05, 0) is 38.8 Å². The molecule has 1 saturated heterocycles. The van der Waals surface area contributed by atoms with Gasteiger partial charge < -0.3 is 9.64 Å². The first kappa shape index (κ1) is 14.8. The van der Waals surface area contributed by atoms with E-state index in [4.69, 9.17) is 4.74 Å². The van der Waals surface area contributed by atoms with Crippen LogP contribution in [0.3, 0.4) is 0 Å². The average Bonchev–Trinajstić information content (AvgIpc) is 2.74. The van der Waals surface area contributed by atoms with E-state index in [-0.39, 0.29) is 12.4 Å². The van der Waals surface area contributed by atoms with Crippen LogP contribution in [-0.2, 0) is 16.0 Å². The number of alkyl halides is 1. The molecule has 1 unspecified atom stereocenters. The van der Waals surface area contributed by atoms with E-state index < -0.39 is 11.8 Å². The molecule has 0 amide bonds. The van der Waals surface area contributed by atoms with Crippen LogP contribution in [-0.4, -0.2) is 35.8 Å². The fraction of sp³-hybridized carbons (Fsp3) is 0.600. The van der Waals surface area contributed by atoms with Gasteiger partial charge in [-0.25, -0.2) is 9.37 Å². The predicted octanol–water partition coefficient (Wildman–Crippen LogP) is 2.51. The van der Waals surface area contributed by atoms with E-state index in [0.717, 1.165) is 11.4 Å². The van der Waals surface area contributed by atoms with Gasteiger partial charge in [-0.15, -0.1) is 0 Å². The monoisotopic (exact) mass is 280 g/mol. The number of aromatic nitrogens is 1. The molecule has 0 saturated carbocycles. The number of pyridine rings is 1. The lowest BCUT2D eigenvalue weighted by atomic mass is 10.1. The highest BCUT2D eigenvalue weighted by Gasteiger charge is 2.22. The molecule has 1 aliphatic rings. The maximum atomic E-state index is 13.1. The molecule has 1 aliphatic heterocycles. The van der Waals surface area contributed by atoms with Crippen molar-refractivity contribution in [1.29, 1.82) is 0 Å². The molecule has 0 aromatic carbocycles. The topological polar surface area (TPSA) is 42.4 Å². The Morgan fingerprint density at radius 2 is 2.25 bits per heavy atom. The third-order valence-corrected chi connectivity index (χ3v) is 3.03. The van der Waals surface area contributed by atoms with Crippen molar-refractivity contribution in [2.75, 3.05) is 18.0 Å². The largest absolute Gasteiger partial charge is 0.460 e. The van der Waals surface area contributed by atoms with Crippen LogP contribution < -0.4 is 4.90 Å². The Balaban J connectivity index is 1.93. The summed E-state index contributed by atoms with van der Waals surface area (Å²) in [6.45, 7) is 6.62. The first-order valence-corrected chi connectivity index (χ1v) is 6.89. The zero-order chi connectivity index (χ0) is 14.8. The molecule has 1 fully saturated rings. The van der Waals surface area contributed by atoms with Gasteiger partial charge in [-0.1, -0.05) is 6.07 Å². The zero-order valence-electron chi connectivity index (χ0n) is 12.2. The summed E-state index contributed by atoms with van der Waals surface area (Å²) in [6.07, 6.45) is 1.65. The Hall–Kier alpha value is -1.65. The molecule has 0 radical (unpaired) electrons. The second-order valence-electron chi connectivity index (χ2n) is 6.12. The number of hydrogen-bond acceptors (Lipinski definition) is 4. The lowest BCUT2D eigenvalue weighted by molar-refractivity contribution is -0.153. The molecule has 110 valence electrons. The minimum Gasteiger partial charge on any atom is -0.460 e. The molecule has 4 nitrogen and oxygen atoms in total. The summed E-state index contributed by atoms with van der Waals surface area (Å²) in [6, 6.07) is 3.68. The number of ether oxygens (including phenoxy) is 1. The van der Waals surface area contributed by atoms with E-state index in [1.807, 2.05) is 37.8 Å². The Morgan fingerprint density at radius 3 is 2.75 bits per heavy atom. The van der Waals surface area contributed by atoms with Crippen LogP contribution >= 0.6 is 0 Å².